The number of nitrogens with zero attached hydrogens (tertiary/aromatic N) is 3. The van der Waals surface area contributed by atoms with Crippen molar-refractivity contribution >= 4 is 17.7 Å². The molecule has 4 aromatic rings. The highest BCUT2D eigenvalue weighted by molar-refractivity contribution is 5.97. The average Bonchev–Trinajstić information content (AvgIpc) is 2.93. The van der Waals surface area contributed by atoms with Gasteiger partial charge in [0.2, 0.25) is 5.88 Å². The molecule has 2 N–H and O–H groups in total. The van der Waals surface area contributed by atoms with Crippen LogP contribution in [0.1, 0.15) is 50.7 Å². The van der Waals surface area contributed by atoms with Gasteiger partial charge < -0.3 is 20.1 Å². The Morgan fingerprint density at radius 1 is 0.950 bits per heavy atom. The second-order valence-corrected chi connectivity index (χ2v) is 10.1. The van der Waals surface area contributed by atoms with Crippen LogP contribution in [0.3, 0.4) is 0 Å². The number of pyridine rings is 1. The second kappa shape index (κ2) is 12.4. The Balaban J connectivity index is 1.53. The van der Waals surface area contributed by atoms with E-state index in [1.165, 1.54) is 0 Å². The molecule has 0 unspecified atom stereocenters. The Kier molecular flexibility index (Phi) is 8.73. The molecule has 4 rings (SSSR count). The molecule has 40 heavy (non-hydrogen) atoms. The Labute approximate surface area is 234 Å². The van der Waals surface area contributed by atoms with E-state index in [0.29, 0.717) is 22.9 Å². The van der Waals surface area contributed by atoms with Crippen molar-refractivity contribution in [2.24, 2.45) is 0 Å². The van der Waals surface area contributed by atoms with Gasteiger partial charge in [-0.15, -0.1) is 0 Å². The summed E-state index contributed by atoms with van der Waals surface area (Å²) in [7, 11) is 0. The lowest BCUT2D eigenvalue weighted by atomic mass is 10.1. The van der Waals surface area contributed by atoms with E-state index in [2.05, 4.69) is 25.6 Å². The number of alkyl carbamates (subject to hydrolysis) is 1. The first-order chi connectivity index (χ1) is 19.1. The van der Waals surface area contributed by atoms with Crippen molar-refractivity contribution < 1.29 is 19.1 Å². The molecule has 0 bridgehead atoms. The standard InChI is InChI=1S/C31H33N5O4/c1-6-26-32-18-16-24(35-26)23-13-10-17-33-29(23)39-25-15-14-22(19-20(25)2)34-28(37)27(21-11-8-7-9-12-21)36-30(38)40-31(3,4)5/h7-19,27H,6H2,1-5H3,(H,34,37)(H,36,38)/t27-/m0/s1. The molecular weight excluding hydrogens is 506 g/mol. The molecule has 206 valence electrons. The van der Waals surface area contributed by atoms with Crippen molar-refractivity contribution in [1.82, 2.24) is 20.3 Å². The highest BCUT2D eigenvalue weighted by atomic mass is 16.6. The molecule has 0 saturated heterocycles. The van der Waals surface area contributed by atoms with Gasteiger partial charge in [0.05, 0.1) is 11.3 Å². The number of hydrogen-bond donors (Lipinski definition) is 2. The van der Waals surface area contributed by atoms with Crippen LogP contribution in [0, 0.1) is 6.92 Å². The van der Waals surface area contributed by atoms with Crippen molar-refractivity contribution in [2.45, 2.75) is 52.7 Å². The Morgan fingerprint density at radius 3 is 2.42 bits per heavy atom. The van der Waals surface area contributed by atoms with Gasteiger partial charge in [0.15, 0.2) is 0 Å². The third kappa shape index (κ3) is 7.41. The summed E-state index contributed by atoms with van der Waals surface area (Å²) in [6.45, 7) is 9.17. The fraction of sp³-hybridized carbons (Fsp3) is 0.258. The molecule has 2 amide bonds. The monoisotopic (exact) mass is 539 g/mol. The molecule has 0 aliphatic heterocycles. The lowest BCUT2D eigenvalue weighted by molar-refractivity contribution is -0.118. The summed E-state index contributed by atoms with van der Waals surface area (Å²) in [6, 6.07) is 18.9. The number of hydrogen-bond acceptors (Lipinski definition) is 7. The lowest BCUT2D eigenvalue weighted by Crippen LogP contribution is -2.40. The molecule has 0 saturated carbocycles. The van der Waals surface area contributed by atoms with E-state index in [-0.39, 0.29) is 0 Å². The number of carbonyl (C=O) groups is 2. The van der Waals surface area contributed by atoms with Crippen LogP contribution in [0.2, 0.25) is 0 Å². The van der Waals surface area contributed by atoms with Crippen molar-refractivity contribution in [3.8, 4) is 22.9 Å². The number of ether oxygens (including phenoxy) is 2. The molecule has 1 atom stereocenters. The lowest BCUT2D eigenvalue weighted by Gasteiger charge is -2.23. The topological polar surface area (TPSA) is 115 Å². The van der Waals surface area contributed by atoms with Gasteiger partial charge in [0, 0.05) is 24.5 Å². The van der Waals surface area contributed by atoms with Gasteiger partial charge in [-0.1, -0.05) is 37.3 Å². The van der Waals surface area contributed by atoms with E-state index in [1.807, 2.05) is 38.1 Å². The van der Waals surface area contributed by atoms with E-state index >= 15 is 0 Å². The molecule has 2 aromatic carbocycles. The highest BCUT2D eigenvalue weighted by Crippen LogP contribution is 2.33. The summed E-state index contributed by atoms with van der Waals surface area (Å²) in [5.74, 6) is 1.31. The maximum Gasteiger partial charge on any atom is 0.408 e. The summed E-state index contributed by atoms with van der Waals surface area (Å²) in [5, 5.41) is 5.58. The summed E-state index contributed by atoms with van der Waals surface area (Å²) < 4.78 is 11.6. The van der Waals surface area contributed by atoms with Gasteiger partial charge in [0.25, 0.3) is 5.91 Å². The fourth-order valence-corrected chi connectivity index (χ4v) is 3.92. The molecule has 9 nitrogen and oxygen atoms in total. The third-order valence-corrected chi connectivity index (χ3v) is 5.77. The normalized spacial score (nSPS) is 11.8. The van der Waals surface area contributed by atoms with E-state index in [4.69, 9.17) is 9.47 Å². The molecule has 2 heterocycles. The predicted octanol–water partition coefficient (Wildman–Crippen LogP) is 6.41. The number of carbonyl (C=O) groups excluding carboxylic acids is 2. The number of rotatable bonds is 8. The molecule has 0 radical (unpaired) electrons. The summed E-state index contributed by atoms with van der Waals surface area (Å²) in [4.78, 5) is 39.1. The van der Waals surface area contributed by atoms with Gasteiger partial charge in [0.1, 0.15) is 23.2 Å². The van der Waals surface area contributed by atoms with E-state index < -0.39 is 23.6 Å². The number of aryl methyl sites for hydroxylation is 2. The molecule has 0 spiro atoms. The fourth-order valence-electron chi connectivity index (χ4n) is 3.92. The van der Waals surface area contributed by atoms with Crippen LogP contribution in [-0.2, 0) is 16.0 Å². The van der Waals surface area contributed by atoms with Crippen LogP contribution in [0.15, 0.2) is 79.1 Å². The predicted molar refractivity (Wildman–Crippen MR) is 153 cm³/mol. The molecule has 0 aliphatic rings. The highest BCUT2D eigenvalue weighted by Gasteiger charge is 2.26. The molecule has 9 heteroatoms. The maximum absolute atomic E-state index is 13.3. The van der Waals surface area contributed by atoms with E-state index in [9.17, 15) is 9.59 Å². The Bertz CT molecular complexity index is 1480. The van der Waals surface area contributed by atoms with Gasteiger partial charge in [-0.05, 0) is 75.2 Å². The van der Waals surface area contributed by atoms with Gasteiger partial charge in [-0.25, -0.2) is 19.7 Å². The van der Waals surface area contributed by atoms with E-state index in [1.54, 1.807) is 75.6 Å². The smallest absolute Gasteiger partial charge is 0.408 e. The zero-order valence-corrected chi connectivity index (χ0v) is 23.3. The summed E-state index contributed by atoms with van der Waals surface area (Å²) in [5.41, 5.74) is 2.72. The zero-order chi connectivity index (χ0) is 28.7. The minimum atomic E-state index is -0.954. The van der Waals surface area contributed by atoms with Crippen molar-refractivity contribution in [3.05, 3.63) is 96.1 Å². The van der Waals surface area contributed by atoms with E-state index in [0.717, 1.165) is 29.1 Å². The van der Waals surface area contributed by atoms with Crippen LogP contribution in [-0.4, -0.2) is 32.6 Å². The van der Waals surface area contributed by atoms with Crippen LogP contribution < -0.4 is 15.4 Å². The van der Waals surface area contributed by atoms with Crippen molar-refractivity contribution in [2.75, 3.05) is 5.32 Å². The second-order valence-electron chi connectivity index (χ2n) is 10.1. The third-order valence-electron chi connectivity index (χ3n) is 5.77. The Morgan fingerprint density at radius 2 is 1.73 bits per heavy atom. The molecule has 2 aromatic heterocycles. The van der Waals surface area contributed by atoms with Crippen molar-refractivity contribution in [3.63, 3.8) is 0 Å². The van der Waals surface area contributed by atoms with Crippen molar-refractivity contribution in [1.29, 1.82) is 0 Å². The van der Waals surface area contributed by atoms with Gasteiger partial charge >= 0.3 is 6.09 Å². The first-order valence-electron chi connectivity index (χ1n) is 13.0. The average molecular weight is 540 g/mol. The molecule has 0 fully saturated rings. The van der Waals surface area contributed by atoms with Gasteiger partial charge in [-0.2, -0.15) is 0 Å². The quantitative estimate of drug-likeness (QED) is 0.266. The summed E-state index contributed by atoms with van der Waals surface area (Å²) >= 11 is 0. The van der Waals surface area contributed by atoms with Crippen LogP contribution in [0.25, 0.3) is 11.3 Å². The first-order valence-corrected chi connectivity index (χ1v) is 13.0. The van der Waals surface area contributed by atoms with Crippen LogP contribution >= 0.6 is 0 Å². The first kappa shape index (κ1) is 28.2. The molecule has 0 aliphatic carbocycles. The number of anilines is 1. The van der Waals surface area contributed by atoms with Crippen LogP contribution in [0.4, 0.5) is 10.5 Å². The Hall–Kier alpha value is -4.79. The zero-order valence-electron chi connectivity index (χ0n) is 23.3. The summed E-state index contributed by atoms with van der Waals surface area (Å²) in [6.07, 6.45) is 3.42. The van der Waals surface area contributed by atoms with Crippen LogP contribution in [0.5, 0.6) is 11.6 Å². The minimum absolute atomic E-state index is 0.410. The number of amides is 2. The minimum Gasteiger partial charge on any atom is -0.444 e. The largest absolute Gasteiger partial charge is 0.444 e. The number of benzene rings is 2. The number of aromatic nitrogens is 3. The maximum atomic E-state index is 13.3. The number of nitrogens with one attached hydrogen (secondary N) is 2. The molecular formula is C31H33N5O4. The SMILES string of the molecule is CCc1nccc(-c2cccnc2Oc2ccc(NC(=O)[C@@H](NC(=O)OC(C)(C)C)c3ccccc3)cc2C)n1. The van der Waals surface area contributed by atoms with Gasteiger partial charge in [-0.3, -0.25) is 4.79 Å².